The molecule has 0 saturated carbocycles. The maximum atomic E-state index is 12.3. The van der Waals surface area contributed by atoms with Gasteiger partial charge in [-0.25, -0.2) is 0 Å². The van der Waals surface area contributed by atoms with Crippen molar-refractivity contribution in [3.05, 3.63) is 83.1 Å². The van der Waals surface area contributed by atoms with E-state index in [1.807, 2.05) is 12.1 Å². The van der Waals surface area contributed by atoms with Gasteiger partial charge in [-0.2, -0.15) is 0 Å². The molecule has 0 radical (unpaired) electrons. The number of nitrogens with one attached hydrogen (secondary N) is 2. The highest BCUT2D eigenvalue weighted by Crippen LogP contribution is 2.15. The van der Waals surface area contributed by atoms with Crippen molar-refractivity contribution in [1.82, 2.24) is 15.8 Å². The van der Waals surface area contributed by atoms with Crippen LogP contribution in [0.2, 0.25) is 0 Å². The summed E-state index contributed by atoms with van der Waals surface area (Å²) in [5.74, 6) is 0.765. The van der Waals surface area contributed by atoms with Crippen molar-refractivity contribution in [2.75, 3.05) is 0 Å². The Morgan fingerprint density at radius 2 is 1.89 bits per heavy atom. The Kier molecular flexibility index (Phi) is 5.51. The number of furan rings is 1. The van der Waals surface area contributed by atoms with Crippen LogP contribution in [0.3, 0.4) is 0 Å². The minimum atomic E-state index is -0.451. The fourth-order valence-electron chi connectivity index (χ4n) is 2.49. The molecule has 0 aliphatic rings. The van der Waals surface area contributed by atoms with Crippen molar-refractivity contribution in [3.63, 3.8) is 0 Å². The number of carbonyl (C=O) groups excluding carboxylic acids is 2. The lowest BCUT2D eigenvalue weighted by Gasteiger charge is -2.09. The third kappa shape index (κ3) is 4.72. The number of aryl methyl sites for hydroxylation is 2. The molecule has 0 spiro atoms. The summed E-state index contributed by atoms with van der Waals surface area (Å²) >= 11 is 0. The first-order chi connectivity index (χ1) is 13.0. The average molecular weight is 365 g/mol. The van der Waals surface area contributed by atoms with Gasteiger partial charge < -0.3 is 9.15 Å². The fraction of sp³-hybridized carbons (Fsp3) is 0.150. The second-order valence-corrected chi connectivity index (χ2v) is 5.91. The highest BCUT2D eigenvalue weighted by molar-refractivity contribution is 5.99. The van der Waals surface area contributed by atoms with E-state index in [2.05, 4.69) is 15.8 Å². The molecule has 3 aromatic rings. The van der Waals surface area contributed by atoms with Crippen molar-refractivity contribution in [1.29, 1.82) is 0 Å². The molecule has 7 heteroatoms. The number of hydrazine groups is 1. The molecule has 2 aromatic heterocycles. The summed E-state index contributed by atoms with van der Waals surface area (Å²) in [6, 6.07) is 12.0. The molecule has 0 aliphatic heterocycles. The summed E-state index contributed by atoms with van der Waals surface area (Å²) in [6.45, 7) is 3.78. The predicted molar refractivity (Wildman–Crippen MR) is 98.1 cm³/mol. The van der Waals surface area contributed by atoms with Crippen molar-refractivity contribution in [3.8, 4) is 5.75 Å². The SMILES string of the molecule is Cc1cc(C(=O)NNC(=O)c2cccc(OCc3cccnc3)c2)c(C)o1. The van der Waals surface area contributed by atoms with Gasteiger partial charge in [0.1, 0.15) is 23.9 Å². The molecule has 2 amide bonds. The molecule has 3 rings (SSSR count). The Labute approximate surface area is 156 Å². The van der Waals surface area contributed by atoms with Crippen molar-refractivity contribution < 1.29 is 18.7 Å². The second kappa shape index (κ2) is 8.18. The molecule has 27 heavy (non-hydrogen) atoms. The van der Waals surface area contributed by atoms with E-state index in [1.54, 1.807) is 56.6 Å². The summed E-state index contributed by atoms with van der Waals surface area (Å²) in [4.78, 5) is 28.4. The number of hydrogen-bond donors (Lipinski definition) is 2. The van der Waals surface area contributed by atoms with E-state index in [-0.39, 0.29) is 0 Å². The quantitative estimate of drug-likeness (QED) is 0.678. The molecule has 0 fully saturated rings. The number of amides is 2. The van der Waals surface area contributed by atoms with Crippen LogP contribution < -0.4 is 15.6 Å². The molecule has 2 N–H and O–H groups in total. The van der Waals surface area contributed by atoms with Gasteiger partial charge in [-0.15, -0.1) is 0 Å². The monoisotopic (exact) mass is 365 g/mol. The van der Waals surface area contributed by atoms with Crippen molar-refractivity contribution in [2.24, 2.45) is 0 Å². The zero-order chi connectivity index (χ0) is 19.2. The summed E-state index contributed by atoms with van der Waals surface area (Å²) in [5, 5.41) is 0. The zero-order valence-corrected chi connectivity index (χ0v) is 15.0. The van der Waals surface area contributed by atoms with E-state index in [0.29, 0.717) is 35.0 Å². The molecule has 1 aromatic carbocycles. The van der Waals surface area contributed by atoms with Crippen LogP contribution >= 0.6 is 0 Å². The van der Waals surface area contributed by atoms with Gasteiger partial charge in [-0.05, 0) is 44.2 Å². The van der Waals surface area contributed by atoms with Crippen LogP contribution in [0, 0.1) is 13.8 Å². The van der Waals surface area contributed by atoms with Crippen LogP contribution in [-0.4, -0.2) is 16.8 Å². The van der Waals surface area contributed by atoms with Gasteiger partial charge in [0, 0.05) is 23.5 Å². The second-order valence-electron chi connectivity index (χ2n) is 5.91. The number of nitrogens with zero attached hydrogens (tertiary/aromatic N) is 1. The lowest BCUT2D eigenvalue weighted by molar-refractivity contribution is 0.0845. The molecule has 0 atom stereocenters. The number of pyridine rings is 1. The number of aromatic nitrogens is 1. The third-order valence-electron chi connectivity index (χ3n) is 3.80. The fourth-order valence-corrected chi connectivity index (χ4v) is 2.49. The van der Waals surface area contributed by atoms with Crippen molar-refractivity contribution in [2.45, 2.75) is 20.5 Å². The molecular formula is C20H19N3O4. The highest BCUT2D eigenvalue weighted by Gasteiger charge is 2.15. The summed E-state index contributed by atoms with van der Waals surface area (Å²) < 4.78 is 11.0. The van der Waals surface area contributed by atoms with Gasteiger partial charge in [-0.3, -0.25) is 25.4 Å². The topological polar surface area (TPSA) is 93.5 Å². The van der Waals surface area contributed by atoms with Crippen LogP contribution in [0.25, 0.3) is 0 Å². The predicted octanol–water partition coefficient (Wildman–Crippen LogP) is 2.95. The van der Waals surface area contributed by atoms with Gasteiger partial charge in [0.25, 0.3) is 11.8 Å². The lowest BCUT2D eigenvalue weighted by Crippen LogP contribution is -2.41. The van der Waals surface area contributed by atoms with Gasteiger partial charge in [0.2, 0.25) is 0 Å². The largest absolute Gasteiger partial charge is 0.489 e. The Balaban J connectivity index is 1.58. The smallest absolute Gasteiger partial charge is 0.273 e. The minimum Gasteiger partial charge on any atom is -0.489 e. The first-order valence-electron chi connectivity index (χ1n) is 8.32. The zero-order valence-electron chi connectivity index (χ0n) is 15.0. The Bertz CT molecular complexity index is 951. The summed E-state index contributed by atoms with van der Waals surface area (Å²) in [7, 11) is 0. The van der Waals surface area contributed by atoms with Crippen LogP contribution in [0.1, 0.15) is 37.8 Å². The maximum Gasteiger partial charge on any atom is 0.273 e. The Morgan fingerprint density at radius 3 is 2.59 bits per heavy atom. The van der Waals surface area contributed by atoms with Crippen LogP contribution in [0.4, 0.5) is 0 Å². The molecule has 0 bridgehead atoms. The Hall–Kier alpha value is -3.61. The minimum absolute atomic E-state index is 0.342. The number of rotatable bonds is 5. The molecule has 0 aliphatic carbocycles. The van der Waals surface area contributed by atoms with E-state index in [9.17, 15) is 9.59 Å². The van der Waals surface area contributed by atoms with E-state index in [0.717, 1.165) is 5.56 Å². The highest BCUT2D eigenvalue weighted by atomic mass is 16.5. The molecule has 0 unspecified atom stereocenters. The van der Waals surface area contributed by atoms with Gasteiger partial charge >= 0.3 is 0 Å². The summed E-state index contributed by atoms with van der Waals surface area (Å²) in [6.07, 6.45) is 3.40. The first-order valence-corrected chi connectivity index (χ1v) is 8.32. The molecule has 138 valence electrons. The molecule has 0 saturated heterocycles. The van der Waals surface area contributed by atoms with Gasteiger partial charge in [-0.1, -0.05) is 12.1 Å². The summed E-state index contributed by atoms with van der Waals surface area (Å²) in [5.41, 5.74) is 6.43. The van der Waals surface area contributed by atoms with E-state index in [4.69, 9.17) is 9.15 Å². The lowest BCUT2D eigenvalue weighted by atomic mass is 10.2. The van der Waals surface area contributed by atoms with Crippen LogP contribution in [0.15, 0.2) is 59.3 Å². The van der Waals surface area contributed by atoms with Gasteiger partial charge in [0.05, 0.1) is 5.56 Å². The normalized spacial score (nSPS) is 10.3. The number of hydrogen-bond acceptors (Lipinski definition) is 5. The van der Waals surface area contributed by atoms with Crippen LogP contribution in [0.5, 0.6) is 5.75 Å². The van der Waals surface area contributed by atoms with Crippen LogP contribution in [-0.2, 0) is 6.61 Å². The molecule has 2 heterocycles. The Morgan fingerprint density at radius 1 is 1.07 bits per heavy atom. The van der Waals surface area contributed by atoms with E-state index < -0.39 is 11.8 Å². The number of benzene rings is 1. The average Bonchev–Trinajstić information content (AvgIpc) is 3.03. The van der Waals surface area contributed by atoms with Crippen molar-refractivity contribution >= 4 is 11.8 Å². The molecule has 7 nitrogen and oxygen atoms in total. The maximum absolute atomic E-state index is 12.3. The van der Waals surface area contributed by atoms with E-state index >= 15 is 0 Å². The number of carbonyl (C=O) groups is 2. The third-order valence-corrected chi connectivity index (χ3v) is 3.80. The van der Waals surface area contributed by atoms with Gasteiger partial charge in [0.15, 0.2) is 0 Å². The first kappa shape index (κ1) is 18.2. The number of ether oxygens (including phenoxy) is 1. The molecular weight excluding hydrogens is 346 g/mol. The standard InChI is InChI=1S/C20H19N3O4/c1-13-9-18(14(2)27-13)20(25)23-22-19(24)16-6-3-7-17(10-16)26-12-15-5-4-8-21-11-15/h3-11H,12H2,1-2H3,(H,22,24)(H,23,25). The van der Waals surface area contributed by atoms with E-state index in [1.165, 1.54) is 0 Å².